The van der Waals surface area contributed by atoms with Crippen LogP contribution >= 0.6 is 23.2 Å². The van der Waals surface area contributed by atoms with Gasteiger partial charge in [0.25, 0.3) is 11.6 Å². The number of carbonyl (C=O) groups is 2. The van der Waals surface area contributed by atoms with Crippen molar-refractivity contribution in [3.05, 3.63) is 75.8 Å². The summed E-state index contributed by atoms with van der Waals surface area (Å²) in [7, 11) is 0. The van der Waals surface area contributed by atoms with Gasteiger partial charge in [0, 0.05) is 17.7 Å². The maximum atomic E-state index is 12.3. The van der Waals surface area contributed by atoms with Crippen LogP contribution in [0.1, 0.15) is 21.3 Å². The monoisotopic (exact) mass is 382 g/mol. The second-order valence-corrected chi connectivity index (χ2v) is 6.08. The Balaban J connectivity index is 2.27. The van der Waals surface area contributed by atoms with E-state index in [4.69, 9.17) is 23.2 Å². The first-order chi connectivity index (χ1) is 11.8. The fourth-order valence-electron chi connectivity index (χ4n) is 2.05. The number of benzene rings is 2. The van der Waals surface area contributed by atoms with Crippen LogP contribution in [0.15, 0.2) is 54.6 Å². The molecule has 1 amide bonds. The van der Waals surface area contributed by atoms with Crippen LogP contribution in [0, 0.1) is 10.1 Å². The Morgan fingerprint density at radius 2 is 1.68 bits per heavy atom. The molecule has 25 heavy (non-hydrogen) atoms. The van der Waals surface area contributed by atoms with Crippen molar-refractivity contribution in [2.45, 2.75) is 10.4 Å². The standard InChI is InChI=1S/C16H12Cl2N2O5/c17-13(10-4-2-1-3-5-10)16(18,15(22)23)19-14(21)11-6-8-12(9-7-11)20(24)25/h1-9,13H,(H,19,21)(H,22,23)/t13-,16+/m0/s1. The average Bonchev–Trinajstić information content (AvgIpc) is 2.61. The molecule has 0 spiro atoms. The maximum absolute atomic E-state index is 12.3. The Bertz CT molecular complexity index is 798. The number of alkyl halides is 2. The number of nitrogens with zero attached hydrogens (tertiary/aromatic N) is 1. The molecule has 2 N–H and O–H groups in total. The number of hydrogen-bond donors (Lipinski definition) is 2. The fraction of sp³-hybridized carbons (Fsp3) is 0.125. The number of nitrogens with one attached hydrogen (secondary N) is 1. The number of rotatable bonds is 6. The molecule has 0 aliphatic heterocycles. The molecule has 0 saturated carbocycles. The highest BCUT2D eigenvalue weighted by atomic mass is 35.5. The second kappa shape index (κ2) is 7.50. The summed E-state index contributed by atoms with van der Waals surface area (Å²) < 4.78 is 0. The molecule has 0 aromatic heterocycles. The molecule has 7 nitrogen and oxygen atoms in total. The van der Waals surface area contributed by atoms with Crippen molar-refractivity contribution in [3.8, 4) is 0 Å². The van der Waals surface area contributed by atoms with Gasteiger partial charge in [-0.05, 0) is 17.7 Å². The number of halogens is 2. The van der Waals surface area contributed by atoms with E-state index >= 15 is 0 Å². The highest BCUT2D eigenvalue weighted by Crippen LogP contribution is 2.36. The molecule has 0 aliphatic carbocycles. The third-order valence-corrected chi connectivity index (χ3v) is 4.55. The van der Waals surface area contributed by atoms with Gasteiger partial charge in [-0.2, -0.15) is 0 Å². The smallest absolute Gasteiger partial charge is 0.347 e. The minimum absolute atomic E-state index is 0.00815. The van der Waals surface area contributed by atoms with Crippen LogP contribution in [-0.2, 0) is 4.79 Å². The van der Waals surface area contributed by atoms with Gasteiger partial charge in [-0.15, -0.1) is 11.6 Å². The van der Waals surface area contributed by atoms with Gasteiger partial charge in [-0.1, -0.05) is 41.9 Å². The summed E-state index contributed by atoms with van der Waals surface area (Å²) in [6.07, 6.45) is 0. The van der Waals surface area contributed by atoms with Gasteiger partial charge in [0.1, 0.15) is 5.38 Å². The molecular weight excluding hydrogens is 371 g/mol. The minimum atomic E-state index is -2.30. The van der Waals surface area contributed by atoms with Crippen LogP contribution in [0.2, 0.25) is 0 Å². The number of non-ortho nitro benzene ring substituents is 1. The van der Waals surface area contributed by atoms with Crippen molar-refractivity contribution in [1.29, 1.82) is 0 Å². The van der Waals surface area contributed by atoms with Crippen LogP contribution < -0.4 is 5.32 Å². The Morgan fingerprint density at radius 3 is 2.16 bits per heavy atom. The first-order valence-electron chi connectivity index (χ1n) is 6.94. The van der Waals surface area contributed by atoms with E-state index < -0.39 is 27.2 Å². The first kappa shape index (κ1) is 18.7. The molecule has 0 bridgehead atoms. The lowest BCUT2D eigenvalue weighted by Gasteiger charge is -2.28. The van der Waals surface area contributed by atoms with E-state index in [1.807, 2.05) is 0 Å². The Hall–Kier alpha value is -2.64. The summed E-state index contributed by atoms with van der Waals surface area (Å²) in [5.41, 5.74) is 0.214. The summed E-state index contributed by atoms with van der Waals surface area (Å²) >= 11 is 12.3. The zero-order valence-electron chi connectivity index (χ0n) is 12.6. The molecule has 130 valence electrons. The van der Waals surface area contributed by atoms with Gasteiger partial charge >= 0.3 is 5.97 Å². The molecule has 9 heteroatoms. The van der Waals surface area contributed by atoms with Crippen LogP contribution in [0.4, 0.5) is 5.69 Å². The number of amides is 1. The fourth-order valence-corrected chi connectivity index (χ4v) is 2.55. The van der Waals surface area contributed by atoms with Gasteiger partial charge in [0.05, 0.1) is 4.92 Å². The average molecular weight is 383 g/mol. The van der Waals surface area contributed by atoms with E-state index in [0.717, 1.165) is 12.1 Å². The van der Waals surface area contributed by atoms with Crippen LogP contribution in [-0.4, -0.2) is 26.9 Å². The normalized spacial score (nSPS) is 14.2. The number of hydrogen-bond acceptors (Lipinski definition) is 4. The van der Waals surface area contributed by atoms with Gasteiger partial charge in [0.15, 0.2) is 0 Å². The molecule has 0 heterocycles. The number of carboxylic acids is 1. The number of nitro groups is 1. The van der Waals surface area contributed by atoms with Gasteiger partial charge in [-0.25, -0.2) is 4.79 Å². The molecule has 0 aliphatic rings. The summed E-state index contributed by atoms with van der Waals surface area (Å²) in [6, 6.07) is 12.8. The lowest BCUT2D eigenvalue weighted by molar-refractivity contribution is -0.384. The van der Waals surface area contributed by atoms with Crippen molar-refractivity contribution in [1.82, 2.24) is 5.32 Å². The topological polar surface area (TPSA) is 110 Å². The van der Waals surface area contributed by atoms with Crippen molar-refractivity contribution < 1.29 is 19.6 Å². The van der Waals surface area contributed by atoms with Crippen LogP contribution in [0.3, 0.4) is 0 Å². The van der Waals surface area contributed by atoms with Gasteiger partial charge in [0.2, 0.25) is 5.00 Å². The van der Waals surface area contributed by atoms with E-state index in [1.54, 1.807) is 30.3 Å². The SMILES string of the molecule is O=C(N[C@@](Cl)(C(=O)O)[C@@H](Cl)c1ccccc1)c1ccc([N+](=O)[O-])cc1. The zero-order valence-corrected chi connectivity index (χ0v) is 14.1. The molecule has 2 aromatic rings. The maximum Gasteiger partial charge on any atom is 0.347 e. The minimum Gasteiger partial charge on any atom is -0.479 e. The highest BCUT2D eigenvalue weighted by Gasteiger charge is 2.46. The summed E-state index contributed by atoms with van der Waals surface area (Å²) in [4.78, 5) is 31.6. The molecule has 2 aromatic carbocycles. The molecular formula is C16H12Cl2N2O5. The predicted molar refractivity (Wildman–Crippen MR) is 91.8 cm³/mol. The number of carbonyl (C=O) groups excluding carboxylic acids is 1. The van der Waals surface area contributed by atoms with E-state index in [9.17, 15) is 24.8 Å². The largest absolute Gasteiger partial charge is 0.479 e. The number of nitro benzene ring substituents is 1. The van der Waals surface area contributed by atoms with Crippen LogP contribution in [0.25, 0.3) is 0 Å². The Kier molecular flexibility index (Phi) is 5.61. The Morgan fingerprint density at radius 1 is 1.12 bits per heavy atom. The zero-order chi connectivity index (χ0) is 18.6. The van der Waals surface area contributed by atoms with Crippen molar-refractivity contribution >= 4 is 40.8 Å². The highest BCUT2D eigenvalue weighted by molar-refractivity contribution is 6.40. The third-order valence-electron chi connectivity index (χ3n) is 3.39. The van der Waals surface area contributed by atoms with Gasteiger partial charge < -0.3 is 10.4 Å². The molecule has 0 unspecified atom stereocenters. The molecule has 2 atom stereocenters. The number of aliphatic carboxylic acids is 1. The van der Waals surface area contributed by atoms with Gasteiger partial charge in [-0.3, -0.25) is 14.9 Å². The summed E-state index contributed by atoms with van der Waals surface area (Å²) in [6.45, 7) is 0. The van der Waals surface area contributed by atoms with Crippen molar-refractivity contribution in [3.63, 3.8) is 0 Å². The van der Waals surface area contributed by atoms with Crippen LogP contribution in [0.5, 0.6) is 0 Å². The first-order valence-corrected chi connectivity index (χ1v) is 7.75. The quantitative estimate of drug-likeness (QED) is 0.344. The molecule has 2 rings (SSSR count). The van der Waals surface area contributed by atoms with E-state index in [1.165, 1.54) is 12.1 Å². The lowest BCUT2D eigenvalue weighted by Crippen LogP contribution is -2.53. The van der Waals surface area contributed by atoms with E-state index in [2.05, 4.69) is 5.32 Å². The molecule has 0 fully saturated rings. The second-order valence-electron chi connectivity index (χ2n) is 5.05. The lowest BCUT2D eigenvalue weighted by atomic mass is 10.0. The van der Waals surface area contributed by atoms with E-state index in [0.29, 0.717) is 5.56 Å². The molecule has 0 radical (unpaired) electrons. The molecule has 0 saturated heterocycles. The number of carboxylic acid groups (broad SMARTS) is 1. The van der Waals surface area contributed by atoms with Crippen molar-refractivity contribution in [2.75, 3.05) is 0 Å². The predicted octanol–water partition coefficient (Wildman–Crippen LogP) is 3.32. The summed E-state index contributed by atoms with van der Waals surface area (Å²) in [5, 5.41) is 21.0. The summed E-state index contributed by atoms with van der Waals surface area (Å²) in [5.74, 6) is -2.36. The Labute approximate surface area is 152 Å². The van der Waals surface area contributed by atoms with E-state index in [-0.39, 0.29) is 11.3 Å². The van der Waals surface area contributed by atoms with Crippen molar-refractivity contribution in [2.24, 2.45) is 0 Å². The third kappa shape index (κ3) is 4.07.